The molecule has 5 atom stereocenters. The van der Waals surface area contributed by atoms with Gasteiger partial charge in [-0.3, -0.25) is 4.79 Å². The van der Waals surface area contributed by atoms with Crippen LogP contribution in [0.3, 0.4) is 0 Å². The quantitative estimate of drug-likeness (QED) is 0.322. The molecule has 33 heavy (non-hydrogen) atoms. The lowest BCUT2D eigenvalue weighted by atomic mass is 9.64. The summed E-state index contributed by atoms with van der Waals surface area (Å²) < 4.78 is 11.1. The molecule has 1 aromatic carbocycles. The number of aliphatic hydroxyl groups is 1. The minimum Gasteiger partial charge on any atom is -0.497 e. The number of hydrogen-bond donors (Lipinski definition) is 1. The average molecular weight is 456 g/mol. The third-order valence-electron chi connectivity index (χ3n) is 8.00. The summed E-state index contributed by atoms with van der Waals surface area (Å²) in [4.78, 5) is 28.7. The lowest BCUT2D eigenvalue weighted by Gasteiger charge is -2.57. The van der Waals surface area contributed by atoms with Gasteiger partial charge in [0.1, 0.15) is 5.75 Å². The van der Waals surface area contributed by atoms with Gasteiger partial charge >= 0.3 is 5.97 Å². The number of amides is 1. The first kappa shape index (κ1) is 23.8. The molecule has 0 spiro atoms. The summed E-state index contributed by atoms with van der Waals surface area (Å²) in [7, 11) is 1.61. The maximum absolute atomic E-state index is 13.8. The van der Waals surface area contributed by atoms with E-state index in [0.29, 0.717) is 6.42 Å². The third-order valence-corrected chi connectivity index (χ3v) is 8.00. The van der Waals surface area contributed by atoms with E-state index in [1.54, 1.807) is 12.0 Å². The highest BCUT2D eigenvalue weighted by Gasteiger charge is 2.82. The predicted octanol–water partition coefficient (Wildman–Crippen LogP) is 4.40. The van der Waals surface area contributed by atoms with Crippen LogP contribution in [0.1, 0.15) is 70.8 Å². The Hall–Kier alpha value is -2.34. The van der Waals surface area contributed by atoms with Gasteiger partial charge in [0.05, 0.1) is 19.1 Å². The Kier molecular flexibility index (Phi) is 6.85. The first-order valence-corrected chi connectivity index (χ1v) is 12.4. The molecule has 1 N–H and O–H groups in total. The molecule has 3 aliphatic rings. The molecule has 4 rings (SSSR count). The van der Waals surface area contributed by atoms with Crippen LogP contribution in [-0.2, 0) is 20.9 Å². The second-order valence-electron chi connectivity index (χ2n) is 9.91. The fourth-order valence-corrected chi connectivity index (χ4v) is 6.09. The number of unbranched alkanes of at least 4 members (excludes halogenated alkanes) is 3. The minimum absolute atomic E-state index is 0.0884. The molecule has 2 saturated heterocycles. The maximum Gasteiger partial charge on any atom is 0.339 e. The lowest BCUT2D eigenvalue weighted by Crippen LogP contribution is -2.80. The molecule has 0 bridgehead atoms. The van der Waals surface area contributed by atoms with Crippen LogP contribution in [0, 0.1) is 11.8 Å². The van der Waals surface area contributed by atoms with Crippen molar-refractivity contribution in [2.24, 2.45) is 11.8 Å². The number of likely N-dealkylation sites (tertiary alicyclic amines) is 1. The Balaban J connectivity index is 1.70. The molecular formula is C27H37NO5. The van der Waals surface area contributed by atoms with Crippen molar-refractivity contribution < 1.29 is 24.2 Å². The number of methoxy groups -OCH3 is 1. The van der Waals surface area contributed by atoms with Gasteiger partial charge in [0.15, 0.2) is 5.60 Å². The van der Waals surface area contributed by atoms with E-state index in [1.165, 1.54) is 0 Å². The Labute approximate surface area is 196 Å². The fourth-order valence-electron chi connectivity index (χ4n) is 6.09. The molecule has 6 nitrogen and oxygen atoms in total. The molecule has 2 heterocycles. The van der Waals surface area contributed by atoms with Crippen molar-refractivity contribution >= 4 is 11.9 Å². The van der Waals surface area contributed by atoms with Crippen LogP contribution in [-0.4, -0.2) is 46.2 Å². The van der Waals surface area contributed by atoms with Crippen molar-refractivity contribution in [3.05, 3.63) is 42.0 Å². The van der Waals surface area contributed by atoms with Crippen LogP contribution < -0.4 is 4.74 Å². The SMILES string of the molecule is CCCCCC[C@@H]1C(=O)N(Cc2ccc(OC)cc2)C2([C@@H](O)[C@@H]3C=CCCC3)C(=O)O[C@]12C. The standard InChI is InChI=1S/C27H37NO5/c1-4-5-6-10-13-22-24(30)28(18-19-14-16-21(32-3)17-15-19)27(25(31)33-26(22,27)2)23(29)20-11-8-7-9-12-20/h8,11,14-17,20,22-23,29H,4-7,9-10,12-13,18H2,1-3H3/t20-,22-,23+,26-,27?/m1/s1. The van der Waals surface area contributed by atoms with Crippen molar-refractivity contribution in [1.82, 2.24) is 4.90 Å². The second kappa shape index (κ2) is 9.49. The summed E-state index contributed by atoms with van der Waals surface area (Å²) >= 11 is 0. The third kappa shape index (κ3) is 3.76. The zero-order valence-electron chi connectivity index (χ0n) is 20.1. The first-order valence-electron chi connectivity index (χ1n) is 12.4. The highest BCUT2D eigenvalue weighted by Crippen LogP contribution is 2.58. The minimum atomic E-state index is -1.36. The Morgan fingerprint density at radius 3 is 2.58 bits per heavy atom. The first-order chi connectivity index (χ1) is 15.9. The highest BCUT2D eigenvalue weighted by molar-refractivity contribution is 6.02. The fraction of sp³-hybridized carbons (Fsp3) is 0.630. The van der Waals surface area contributed by atoms with E-state index in [-0.39, 0.29) is 18.4 Å². The largest absolute Gasteiger partial charge is 0.497 e. The molecule has 1 aliphatic carbocycles. The zero-order chi connectivity index (χ0) is 23.6. The summed E-state index contributed by atoms with van der Waals surface area (Å²) in [5.41, 5.74) is -1.49. The van der Waals surface area contributed by atoms with Crippen molar-refractivity contribution in [3.63, 3.8) is 0 Å². The van der Waals surface area contributed by atoms with Gasteiger partial charge in [0, 0.05) is 12.5 Å². The molecule has 1 amide bonds. The van der Waals surface area contributed by atoms with Gasteiger partial charge in [-0.2, -0.15) is 0 Å². The molecule has 2 fully saturated rings. The smallest absolute Gasteiger partial charge is 0.339 e. The second-order valence-corrected chi connectivity index (χ2v) is 9.91. The number of allylic oxidation sites excluding steroid dienone is 1. The van der Waals surface area contributed by atoms with Gasteiger partial charge < -0.3 is 19.5 Å². The van der Waals surface area contributed by atoms with Gasteiger partial charge in [0.25, 0.3) is 0 Å². The van der Waals surface area contributed by atoms with E-state index >= 15 is 0 Å². The number of carbonyl (C=O) groups is 2. The van der Waals surface area contributed by atoms with Crippen molar-refractivity contribution in [2.75, 3.05) is 7.11 Å². The molecule has 1 unspecified atom stereocenters. The van der Waals surface area contributed by atoms with E-state index in [9.17, 15) is 14.7 Å². The topological polar surface area (TPSA) is 76.1 Å². The molecular weight excluding hydrogens is 418 g/mol. The average Bonchev–Trinajstić information content (AvgIpc) is 2.97. The number of benzene rings is 1. The predicted molar refractivity (Wildman–Crippen MR) is 126 cm³/mol. The molecule has 0 saturated carbocycles. The molecule has 0 aromatic heterocycles. The molecule has 2 aliphatic heterocycles. The summed E-state index contributed by atoms with van der Waals surface area (Å²) in [5.74, 6) is -0.442. The van der Waals surface area contributed by atoms with E-state index in [1.807, 2.05) is 37.3 Å². The summed E-state index contributed by atoms with van der Waals surface area (Å²) in [6, 6.07) is 7.51. The van der Waals surface area contributed by atoms with Crippen molar-refractivity contribution in [3.8, 4) is 5.75 Å². The van der Waals surface area contributed by atoms with E-state index in [2.05, 4.69) is 13.0 Å². The number of hydrogen-bond acceptors (Lipinski definition) is 5. The lowest BCUT2D eigenvalue weighted by molar-refractivity contribution is -0.256. The summed E-state index contributed by atoms with van der Waals surface area (Å²) in [5, 5.41) is 11.7. The van der Waals surface area contributed by atoms with Gasteiger partial charge in [-0.25, -0.2) is 4.79 Å². The van der Waals surface area contributed by atoms with Gasteiger partial charge in [-0.1, -0.05) is 56.9 Å². The number of fused-ring (bicyclic) bond motifs is 1. The zero-order valence-corrected chi connectivity index (χ0v) is 20.1. The Morgan fingerprint density at radius 1 is 1.21 bits per heavy atom. The van der Waals surface area contributed by atoms with E-state index in [4.69, 9.17) is 9.47 Å². The molecule has 6 heteroatoms. The van der Waals surface area contributed by atoms with Crippen LogP contribution in [0.15, 0.2) is 36.4 Å². The van der Waals surface area contributed by atoms with E-state index in [0.717, 1.165) is 56.3 Å². The van der Waals surface area contributed by atoms with Crippen LogP contribution in [0.5, 0.6) is 5.75 Å². The number of carbonyl (C=O) groups excluding carboxylic acids is 2. The van der Waals surface area contributed by atoms with Crippen molar-refractivity contribution in [1.29, 1.82) is 0 Å². The van der Waals surface area contributed by atoms with Crippen LogP contribution >= 0.6 is 0 Å². The maximum atomic E-state index is 13.8. The Morgan fingerprint density at radius 2 is 1.97 bits per heavy atom. The Bertz CT molecular complexity index is 896. The monoisotopic (exact) mass is 455 g/mol. The van der Waals surface area contributed by atoms with Gasteiger partial charge in [-0.15, -0.1) is 0 Å². The molecule has 180 valence electrons. The van der Waals surface area contributed by atoms with Crippen LogP contribution in [0.25, 0.3) is 0 Å². The number of rotatable bonds is 10. The van der Waals surface area contributed by atoms with E-state index < -0.39 is 29.1 Å². The van der Waals surface area contributed by atoms with Gasteiger partial charge in [0.2, 0.25) is 11.4 Å². The van der Waals surface area contributed by atoms with Crippen LogP contribution in [0.4, 0.5) is 0 Å². The summed E-state index contributed by atoms with van der Waals surface area (Å²) in [6.45, 7) is 4.28. The number of nitrogens with zero attached hydrogens (tertiary/aromatic N) is 1. The molecule has 1 aromatic rings. The number of ether oxygens (including phenoxy) is 2. The van der Waals surface area contributed by atoms with Gasteiger partial charge in [-0.05, 0) is 50.3 Å². The summed E-state index contributed by atoms with van der Waals surface area (Å²) in [6.07, 6.45) is 10.7. The molecule has 0 radical (unpaired) electrons. The van der Waals surface area contributed by atoms with Crippen LogP contribution in [0.2, 0.25) is 0 Å². The number of esters is 1. The number of aliphatic hydroxyl groups excluding tert-OH is 1. The normalized spacial score (nSPS) is 31.7. The van der Waals surface area contributed by atoms with Crippen molar-refractivity contribution in [2.45, 2.75) is 89.0 Å². The highest BCUT2D eigenvalue weighted by atomic mass is 16.6.